The summed E-state index contributed by atoms with van der Waals surface area (Å²) in [5.41, 5.74) is 5.32. The molecule has 0 fully saturated rings. The smallest absolute Gasteiger partial charge is 0.261 e. The number of unbranched alkanes of at least 4 members (excludes halogenated alkanes) is 5. The Labute approximate surface area is 126 Å². The van der Waals surface area contributed by atoms with Gasteiger partial charge in [-0.25, -0.2) is 0 Å². The molecule has 1 aromatic heterocycles. The minimum Gasteiger partial charge on any atom is -0.351 e. The van der Waals surface area contributed by atoms with E-state index in [1.54, 1.807) is 0 Å². The van der Waals surface area contributed by atoms with Gasteiger partial charge in [0, 0.05) is 6.54 Å². The highest BCUT2D eigenvalue weighted by atomic mass is 32.1. The second-order valence-electron chi connectivity index (χ2n) is 4.69. The molecule has 1 amide bonds. The molecule has 1 rings (SSSR count). The van der Waals surface area contributed by atoms with Gasteiger partial charge in [0.25, 0.3) is 5.91 Å². The lowest BCUT2D eigenvalue weighted by atomic mass is 10.1. The van der Waals surface area contributed by atoms with E-state index in [0.717, 1.165) is 22.7 Å². The lowest BCUT2D eigenvalue weighted by Crippen LogP contribution is -2.23. The van der Waals surface area contributed by atoms with Gasteiger partial charge in [-0.3, -0.25) is 4.79 Å². The van der Waals surface area contributed by atoms with Crippen molar-refractivity contribution in [1.29, 1.82) is 0 Å². The van der Waals surface area contributed by atoms with Crippen LogP contribution in [0.5, 0.6) is 0 Å². The van der Waals surface area contributed by atoms with Crippen LogP contribution in [0.3, 0.4) is 0 Å². The van der Waals surface area contributed by atoms with Crippen LogP contribution < -0.4 is 11.1 Å². The molecule has 1 aromatic rings. The standard InChI is InChI=1S/C16H24N2OS/c1-2-3-4-5-6-7-13-18-16(19)15-11-10-14(20-15)9-8-12-17/h10-11H,2-7,12-13,17H2,1H3,(H,18,19). The van der Waals surface area contributed by atoms with Crippen LogP contribution in [0, 0.1) is 11.8 Å². The van der Waals surface area contributed by atoms with Crippen molar-refractivity contribution in [2.45, 2.75) is 45.4 Å². The van der Waals surface area contributed by atoms with Crippen LogP contribution in [0.25, 0.3) is 0 Å². The number of nitrogens with two attached hydrogens (primary N) is 1. The molecule has 20 heavy (non-hydrogen) atoms. The Hall–Kier alpha value is -1.31. The van der Waals surface area contributed by atoms with Crippen molar-refractivity contribution in [3.05, 3.63) is 21.9 Å². The maximum absolute atomic E-state index is 11.9. The molecule has 0 aliphatic rings. The number of nitrogens with one attached hydrogen (secondary N) is 1. The van der Waals surface area contributed by atoms with Gasteiger partial charge in [-0.1, -0.05) is 50.9 Å². The highest BCUT2D eigenvalue weighted by molar-refractivity contribution is 7.14. The van der Waals surface area contributed by atoms with E-state index in [2.05, 4.69) is 24.1 Å². The van der Waals surface area contributed by atoms with Gasteiger partial charge in [-0.2, -0.15) is 0 Å². The normalized spacial score (nSPS) is 9.90. The third-order valence-corrected chi connectivity index (χ3v) is 3.96. The SMILES string of the molecule is CCCCCCCCNC(=O)c1ccc(C#CCN)s1. The third-order valence-electron chi connectivity index (χ3n) is 2.96. The minimum atomic E-state index is 0.00403. The van der Waals surface area contributed by atoms with Crippen LogP contribution in [0.2, 0.25) is 0 Å². The first-order valence-electron chi connectivity index (χ1n) is 7.35. The van der Waals surface area contributed by atoms with Gasteiger partial charge in [0.1, 0.15) is 0 Å². The van der Waals surface area contributed by atoms with Crippen LogP contribution in [0.1, 0.15) is 60.0 Å². The van der Waals surface area contributed by atoms with E-state index in [-0.39, 0.29) is 5.91 Å². The average molecular weight is 292 g/mol. The number of rotatable bonds is 8. The van der Waals surface area contributed by atoms with E-state index in [0.29, 0.717) is 6.54 Å². The summed E-state index contributed by atoms with van der Waals surface area (Å²) in [7, 11) is 0. The van der Waals surface area contributed by atoms with E-state index in [4.69, 9.17) is 5.73 Å². The molecule has 0 radical (unpaired) electrons. The number of carbonyl (C=O) groups excluding carboxylic acids is 1. The molecule has 3 N–H and O–H groups in total. The molecule has 0 unspecified atom stereocenters. The van der Waals surface area contributed by atoms with Gasteiger partial charge in [0.15, 0.2) is 0 Å². The first kappa shape index (κ1) is 16.7. The molecule has 0 atom stereocenters. The van der Waals surface area contributed by atoms with Crippen LogP contribution in [-0.2, 0) is 0 Å². The summed E-state index contributed by atoms with van der Waals surface area (Å²) in [6, 6.07) is 3.69. The summed E-state index contributed by atoms with van der Waals surface area (Å²) in [5, 5.41) is 2.96. The highest BCUT2D eigenvalue weighted by Crippen LogP contribution is 2.15. The minimum absolute atomic E-state index is 0.00403. The Bertz CT molecular complexity index is 457. The Morgan fingerprint density at radius 1 is 1.25 bits per heavy atom. The van der Waals surface area contributed by atoms with Crippen molar-refractivity contribution in [1.82, 2.24) is 5.32 Å². The summed E-state index contributed by atoms with van der Waals surface area (Å²) < 4.78 is 0. The molecule has 0 bridgehead atoms. The topological polar surface area (TPSA) is 55.1 Å². The Morgan fingerprint density at radius 2 is 2.00 bits per heavy atom. The van der Waals surface area contributed by atoms with Gasteiger partial charge < -0.3 is 11.1 Å². The fourth-order valence-electron chi connectivity index (χ4n) is 1.86. The van der Waals surface area contributed by atoms with Gasteiger partial charge in [0.2, 0.25) is 0 Å². The lowest BCUT2D eigenvalue weighted by molar-refractivity contribution is 0.0957. The summed E-state index contributed by atoms with van der Waals surface area (Å²) in [6.07, 6.45) is 7.40. The molecular weight excluding hydrogens is 268 g/mol. The molecule has 1 heterocycles. The third kappa shape index (κ3) is 6.74. The fourth-order valence-corrected chi connectivity index (χ4v) is 2.66. The number of thiophene rings is 1. The number of hydrogen-bond donors (Lipinski definition) is 2. The average Bonchev–Trinajstić information content (AvgIpc) is 2.93. The molecule has 110 valence electrons. The van der Waals surface area contributed by atoms with Crippen LogP contribution in [-0.4, -0.2) is 19.0 Å². The highest BCUT2D eigenvalue weighted by Gasteiger charge is 2.07. The zero-order valence-corrected chi connectivity index (χ0v) is 13.0. The number of amides is 1. The van der Waals surface area contributed by atoms with Crippen LogP contribution in [0.15, 0.2) is 12.1 Å². The zero-order chi connectivity index (χ0) is 14.6. The Balaban J connectivity index is 2.20. The van der Waals surface area contributed by atoms with Crippen molar-refractivity contribution in [3.63, 3.8) is 0 Å². The van der Waals surface area contributed by atoms with E-state index in [1.165, 1.54) is 43.4 Å². The van der Waals surface area contributed by atoms with Gasteiger partial charge in [0.05, 0.1) is 16.3 Å². The first-order valence-corrected chi connectivity index (χ1v) is 8.16. The lowest BCUT2D eigenvalue weighted by Gasteiger charge is -2.03. The molecule has 4 heteroatoms. The van der Waals surface area contributed by atoms with Crippen molar-refractivity contribution in [2.75, 3.05) is 13.1 Å². The number of carbonyl (C=O) groups is 1. The van der Waals surface area contributed by atoms with Crippen molar-refractivity contribution >= 4 is 17.2 Å². The van der Waals surface area contributed by atoms with Crippen molar-refractivity contribution in [2.24, 2.45) is 5.73 Å². The van der Waals surface area contributed by atoms with E-state index in [9.17, 15) is 4.79 Å². The second-order valence-corrected chi connectivity index (χ2v) is 5.78. The maximum Gasteiger partial charge on any atom is 0.261 e. The largest absolute Gasteiger partial charge is 0.351 e. The quantitative estimate of drug-likeness (QED) is 0.571. The monoisotopic (exact) mass is 292 g/mol. The van der Waals surface area contributed by atoms with Crippen LogP contribution >= 0.6 is 11.3 Å². The molecule has 0 aliphatic heterocycles. The van der Waals surface area contributed by atoms with Gasteiger partial charge in [-0.15, -0.1) is 11.3 Å². The summed E-state index contributed by atoms with van der Waals surface area (Å²) in [5.74, 6) is 5.73. The van der Waals surface area contributed by atoms with E-state index < -0.39 is 0 Å². The molecular formula is C16H24N2OS. The van der Waals surface area contributed by atoms with Crippen LogP contribution in [0.4, 0.5) is 0 Å². The summed E-state index contributed by atoms with van der Waals surface area (Å²) in [6.45, 7) is 3.32. The predicted molar refractivity (Wildman–Crippen MR) is 86.0 cm³/mol. The fraction of sp³-hybridized carbons (Fsp3) is 0.562. The van der Waals surface area contributed by atoms with Gasteiger partial charge in [-0.05, 0) is 18.6 Å². The zero-order valence-electron chi connectivity index (χ0n) is 12.2. The molecule has 0 aliphatic carbocycles. The molecule has 0 aromatic carbocycles. The number of hydrogen-bond acceptors (Lipinski definition) is 3. The Kier molecular flexibility index (Phi) is 8.77. The molecule has 3 nitrogen and oxygen atoms in total. The molecule has 0 saturated heterocycles. The maximum atomic E-state index is 11.9. The van der Waals surface area contributed by atoms with E-state index >= 15 is 0 Å². The molecule has 0 saturated carbocycles. The Morgan fingerprint density at radius 3 is 2.75 bits per heavy atom. The van der Waals surface area contributed by atoms with Crippen molar-refractivity contribution in [3.8, 4) is 11.8 Å². The molecule has 0 spiro atoms. The second kappa shape index (κ2) is 10.5. The predicted octanol–water partition coefficient (Wildman–Crippen LogP) is 3.15. The summed E-state index contributed by atoms with van der Waals surface area (Å²) in [4.78, 5) is 13.5. The summed E-state index contributed by atoms with van der Waals surface area (Å²) >= 11 is 1.41. The van der Waals surface area contributed by atoms with Gasteiger partial charge >= 0.3 is 0 Å². The van der Waals surface area contributed by atoms with E-state index in [1.807, 2.05) is 12.1 Å². The first-order chi connectivity index (χ1) is 9.77. The van der Waals surface area contributed by atoms with Crippen molar-refractivity contribution < 1.29 is 4.79 Å².